The molecule has 4 nitrogen and oxygen atoms in total. The zero-order chi connectivity index (χ0) is 11.6. The lowest BCUT2D eigenvalue weighted by atomic mass is 10.2. The number of nitrogens with two attached hydrogens (primary N) is 1. The molecule has 15 heavy (non-hydrogen) atoms. The molecule has 1 aromatic rings. The Kier molecular flexibility index (Phi) is 3.04. The lowest BCUT2D eigenvalue weighted by Crippen LogP contribution is -2.37. The van der Waals surface area contributed by atoms with E-state index >= 15 is 0 Å². The molecule has 2 N–H and O–H groups in total. The first-order chi connectivity index (χ1) is 6.93. The van der Waals surface area contributed by atoms with E-state index in [0.29, 0.717) is 11.3 Å². The third-order valence-corrected chi connectivity index (χ3v) is 2.04. The molecule has 0 aliphatic rings. The monoisotopic (exact) mass is 210 g/mol. The third kappa shape index (κ3) is 2.31. The molecule has 0 aliphatic carbocycles. The van der Waals surface area contributed by atoms with E-state index in [1.807, 2.05) is 0 Å². The van der Waals surface area contributed by atoms with Gasteiger partial charge >= 0.3 is 11.8 Å². The van der Waals surface area contributed by atoms with Crippen LogP contribution in [0.15, 0.2) is 18.2 Å². The molecule has 2 amide bonds. The number of primary amides is 1. The Balaban J connectivity index is 3.02. The average Bonchev–Trinajstić information content (AvgIpc) is 2.19. The number of carbonyl (C=O) groups is 2. The Morgan fingerprint density at radius 2 is 2.00 bits per heavy atom. The van der Waals surface area contributed by atoms with E-state index in [9.17, 15) is 14.0 Å². The number of likely N-dealkylation sites (N-methyl/N-ethyl adjacent to an activating group) is 1. The van der Waals surface area contributed by atoms with Gasteiger partial charge in [-0.2, -0.15) is 0 Å². The molecule has 0 radical (unpaired) electrons. The number of hydrogen-bond donors (Lipinski definition) is 1. The highest BCUT2D eigenvalue weighted by atomic mass is 19.1. The molecule has 0 saturated carbocycles. The van der Waals surface area contributed by atoms with E-state index < -0.39 is 11.8 Å². The SMILES string of the molecule is Cc1cc(N(C)C(=O)C(N)=O)ccc1F. The summed E-state index contributed by atoms with van der Waals surface area (Å²) in [6.45, 7) is 1.57. The molecule has 0 fully saturated rings. The smallest absolute Gasteiger partial charge is 0.315 e. The Bertz CT molecular complexity index is 418. The van der Waals surface area contributed by atoms with Gasteiger partial charge in [-0.05, 0) is 30.7 Å². The second-order valence-corrected chi connectivity index (χ2v) is 3.16. The van der Waals surface area contributed by atoms with Crippen LogP contribution in [-0.2, 0) is 9.59 Å². The Morgan fingerprint density at radius 1 is 1.40 bits per heavy atom. The molecule has 0 heterocycles. The number of benzene rings is 1. The van der Waals surface area contributed by atoms with Gasteiger partial charge in [-0.1, -0.05) is 0 Å². The second kappa shape index (κ2) is 4.08. The Morgan fingerprint density at radius 3 is 2.47 bits per heavy atom. The van der Waals surface area contributed by atoms with Crippen molar-refractivity contribution in [1.82, 2.24) is 0 Å². The van der Waals surface area contributed by atoms with Crippen LogP contribution in [0.3, 0.4) is 0 Å². The first-order valence-electron chi connectivity index (χ1n) is 4.27. The topological polar surface area (TPSA) is 63.4 Å². The number of anilines is 1. The zero-order valence-corrected chi connectivity index (χ0v) is 8.45. The van der Waals surface area contributed by atoms with Gasteiger partial charge in [0.25, 0.3) is 0 Å². The fourth-order valence-corrected chi connectivity index (χ4v) is 1.12. The fourth-order valence-electron chi connectivity index (χ4n) is 1.12. The minimum Gasteiger partial charge on any atom is -0.361 e. The molecule has 0 spiro atoms. The molecule has 0 aliphatic heterocycles. The van der Waals surface area contributed by atoms with Crippen molar-refractivity contribution in [2.75, 3.05) is 11.9 Å². The van der Waals surface area contributed by atoms with Crippen molar-refractivity contribution in [2.24, 2.45) is 5.73 Å². The number of aryl methyl sites for hydroxylation is 1. The Labute approximate surface area is 86.5 Å². The van der Waals surface area contributed by atoms with Gasteiger partial charge in [0.2, 0.25) is 0 Å². The normalized spacial score (nSPS) is 9.80. The third-order valence-electron chi connectivity index (χ3n) is 2.04. The van der Waals surface area contributed by atoms with Crippen molar-refractivity contribution in [3.63, 3.8) is 0 Å². The van der Waals surface area contributed by atoms with Gasteiger partial charge in [0.05, 0.1) is 0 Å². The van der Waals surface area contributed by atoms with E-state index in [0.717, 1.165) is 4.90 Å². The van der Waals surface area contributed by atoms with Crippen LogP contribution in [0, 0.1) is 12.7 Å². The van der Waals surface area contributed by atoms with Crippen molar-refractivity contribution >= 4 is 17.5 Å². The first-order valence-corrected chi connectivity index (χ1v) is 4.27. The molecule has 0 unspecified atom stereocenters. The molecular formula is C10H11FN2O2. The second-order valence-electron chi connectivity index (χ2n) is 3.16. The van der Waals surface area contributed by atoms with Gasteiger partial charge in [0.1, 0.15) is 5.82 Å². The van der Waals surface area contributed by atoms with Crippen LogP contribution in [0.25, 0.3) is 0 Å². The largest absolute Gasteiger partial charge is 0.361 e. The van der Waals surface area contributed by atoms with Gasteiger partial charge in [-0.15, -0.1) is 0 Å². The van der Waals surface area contributed by atoms with Gasteiger partial charge in [0, 0.05) is 12.7 Å². The molecule has 0 saturated heterocycles. The van der Waals surface area contributed by atoms with E-state index in [2.05, 4.69) is 0 Å². The van der Waals surface area contributed by atoms with Crippen molar-refractivity contribution < 1.29 is 14.0 Å². The molecule has 0 atom stereocenters. The fraction of sp³-hybridized carbons (Fsp3) is 0.200. The minimum atomic E-state index is -1.04. The van der Waals surface area contributed by atoms with Crippen LogP contribution < -0.4 is 10.6 Å². The average molecular weight is 210 g/mol. The van der Waals surface area contributed by atoms with E-state index in [1.165, 1.54) is 25.2 Å². The van der Waals surface area contributed by atoms with E-state index in [1.54, 1.807) is 6.92 Å². The molecule has 1 aromatic carbocycles. The lowest BCUT2D eigenvalue weighted by Gasteiger charge is -2.15. The van der Waals surface area contributed by atoms with E-state index in [-0.39, 0.29) is 5.82 Å². The van der Waals surface area contributed by atoms with Crippen LogP contribution in [0.1, 0.15) is 5.56 Å². The number of carbonyl (C=O) groups excluding carboxylic acids is 2. The molecule has 5 heteroatoms. The highest BCUT2D eigenvalue weighted by Gasteiger charge is 2.16. The predicted octanol–water partition coefficient (Wildman–Crippen LogP) is 0.582. The Hall–Kier alpha value is -1.91. The van der Waals surface area contributed by atoms with Crippen molar-refractivity contribution in [3.05, 3.63) is 29.6 Å². The van der Waals surface area contributed by atoms with Crippen LogP contribution in [-0.4, -0.2) is 18.9 Å². The van der Waals surface area contributed by atoms with E-state index in [4.69, 9.17) is 5.73 Å². The molecule has 0 bridgehead atoms. The van der Waals surface area contributed by atoms with Gasteiger partial charge < -0.3 is 10.6 Å². The highest BCUT2D eigenvalue weighted by Crippen LogP contribution is 2.17. The summed E-state index contributed by atoms with van der Waals surface area (Å²) in [5.41, 5.74) is 5.67. The molecule has 0 aromatic heterocycles. The molecular weight excluding hydrogens is 199 g/mol. The highest BCUT2D eigenvalue weighted by molar-refractivity contribution is 6.39. The summed E-state index contributed by atoms with van der Waals surface area (Å²) < 4.78 is 12.9. The summed E-state index contributed by atoms with van der Waals surface area (Å²) in [4.78, 5) is 22.9. The van der Waals surface area contributed by atoms with Crippen molar-refractivity contribution in [3.8, 4) is 0 Å². The van der Waals surface area contributed by atoms with Crippen LogP contribution in [0.4, 0.5) is 10.1 Å². The summed E-state index contributed by atoms with van der Waals surface area (Å²) in [5.74, 6) is -2.24. The standard InChI is InChI=1S/C10H11FN2O2/c1-6-5-7(3-4-8(6)11)13(2)10(15)9(12)14/h3-5H,1-2H3,(H2,12,14). The van der Waals surface area contributed by atoms with Gasteiger partial charge in [-0.3, -0.25) is 9.59 Å². The van der Waals surface area contributed by atoms with Crippen LogP contribution >= 0.6 is 0 Å². The summed E-state index contributed by atoms with van der Waals surface area (Å²) in [5, 5.41) is 0. The zero-order valence-electron chi connectivity index (χ0n) is 8.45. The number of hydrogen-bond acceptors (Lipinski definition) is 2. The molecule has 80 valence electrons. The number of nitrogens with zero attached hydrogens (tertiary/aromatic N) is 1. The summed E-state index contributed by atoms with van der Waals surface area (Å²) in [7, 11) is 1.40. The first kappa shape index (κ1) is 11.2. The predicted molar refractivity (Wildman–Crippen MR) is 53.7 cm³/mol. The maximum atomic E-state index is 12.9. The van der Waals surface area contributed by atoms with Gasteiger partial charge in [-0.25, -0.2) is 4.39 Å². The molecule has 1 rings (SSSR count). The maximum Gasteiger partial charge on any atom is 0.315 e. The number of halogens is 1. The number of rotatable bonds is 1. The number of amides is 2. The van der Waals surface area contributed by atoms with Crippen molar-refractivity contribution in [2.45, 2.75) is 6.92 Å². The lowest BCUT2D eigenvalue weighted by molar-refractivity contribution is -0.135. The minimum absolute atomic E-state index is 0.362. The van der Waals surface area contributed by atoms with Gasteiger partial charge in [0.15, 0.2) is 0 Å². The quantitative estimate of drug-likeness (QED) is 0.689. The maximum absolute atomic E-state index is 12.9. The van der Waals surface area contributed by atoms with Crippen LogP contribution in [0.5, 0.6) is 0 Å². The summed E-state index contributed by atoms with van der Waals surface area (Å²) >= 11 is 0. The summed E-state index contributed by atoms with van der Waals surface area (Å²) in [6, 6.07) is 4.11. The summed E-state index contributed by atoms with van der Waals surface area (Å²) in [6.07, 6.45) is 0. The van der Waals surface area contributed by atoms with Crippen LogP contribution in [0.2, 0.25) is 0 Å². The van der Waals surface area contributed by atoms with Crippen molar-refractivity contribution in [1.29, 1.82) is 0 Å².